The molecule has 168 valence electrons. The Bertz CT molecular complexity index is 989. The molecule has 2 aromatic carbocycles. The maximum Gasteiger partial charge on any atom is 0.416 e. The smallest absolute Gasteiger partial charge is 0.303 e. The molecule has 2 aliphatic rings. The van der Waals surface area contributed by atoms with E-state index in [1.165, 1.54) is 22.9 Å². The van der Waals surface area contributed by atoms with Gasteiger partial charge in [0, 0.05) is 25.6 Å². The number of benzene rings is 2. The SMILES string of the molecule is O=S(=O)(c1ccccc1)N1CC(CN2CCCCC2)C(c2cccc(C(F)(F)F)c2)C1. The fourth-order valence-electron chi connectivity index (χ4n) is 4.75. The molecule has 2 heterocycles. The van der Waals surface area contributed by atoms with Crippen LogP contribution in [0.2, 0.25) is 0 Å². The van der Waals surface area contributed by atoms with Crippen molar-refractivity contribution in [2.45, 2.75) is 36.3 Å². The highest BCUT2D eigenvalue weighted by molar-refractivity contribution is 7.89. The highest BCUT2D eigenvalue weighted by Gasteiger charge is 2.41. The zero-order valence-electron chi connectivity index (χ0n) is 17.3. The first-order valence-corrected chi connectivity index (χ1v) is 12.1. The van der Waals surface area contributed by atoms with Crippen LogP contribution in [0.15, 0.2) is 59.5 Å². The van der Waals surface area contributed by atoms with E-state index in [1.54, 1.807) is 36.4 Å². The third kappa shape index (κ3) is 4.96. The molecule has 4 nitrogen and oxygen atoms in total. The molecule has 0 amide bonds. The van der Waals surface area contributed by atoms with Crippen LogP contribution in [0.25, 0.3) is 0 Å². The first-order chi connectivity index (χ1) is 14.7. The van der Waals surface area contributed by atoms with Gasteiger partial charge in [0.1, 0.15) is 0 Å². The fraction of sp³-hybridized carbons (Fsp3) is 0.478. The summed E-state index contributed by atoms with van der Waals surface area (Å²) in [6.07, 6.45) is -1.03. The molecule has 0 N–H and O–H groups in total. The van der Waals surface area contributed by atoms with Crippen LogP contribution in [0.4, 0.5) is 13.2 Å². The summed E-state index contributed by atoms with van der Waals surface area (Å²) in [6, 6.07) is 13.6. The lowest BCUT2D eigenvalue weighted by atomic mass is 9.87. The summed E-state index contributed by atoms with van der Waals surface area (Å²) in [7, 11) is -3.70. The fourth-order valence-corrected chi connectivity index (χ4v) is 6.30. The van der Waals surface area contributed by atoms with Crippen LogP contribution in [0.1, 0.15) is 36.3 Å². The third-order valence-corrected chi connectivity index (χ3v) is 8.22. The normalized spacial score (nSPS) is 23.8. The van der Waals surface area contributed by atoms with Gasteiger partial charge in [0.25, 0.3) is 0 Å². The van der Waals surface area contributed by atoms with Gasteiger partial charge in [-0.15, -0.1) is 0 Å². The maximum absolute atomic E-state index is 13.3. The van der Waals surface area contributed by atoms with Crippen LogP contribution in [-0.4, -0.2) is 50.3 Å². The lowest BCUT2D eigenvalue weighted by molar-refractivity contribution is -0.137. The largest absolute Gasteiger partial charge is 0.416 e. The summed E-state index contributed by atoms with van der Waals surface area (Å²) in [6.45, 7) is 3.11. The molecular weight excluding hydrogens is 425 g/mol. The van der Waals surface area contributed by atoms with Crippen molar-refractivity contribution in [3.63, 3.8) is 0 Å². The molecule has 2 aliphatic heterocycles. The van der Waals surface area contributed by atoms with E-state index in [-0.39, 0.29) is 23.3 Å². The summed E-state index contributed by atoms with van der Waals surface area (Å²) >= 11 is 0. The number of rotatable bonds is 5. The van der Waals surface area contributed by atoms with E-state index in [4.69, 9.17) is 0 Å². The van der Waals surface area contributed by atoms with E-state index in [1.807, 2.05) is 0 Å². The molecule has 2 aromatic rings. The predicted octanol–water partition coefficient (Wildman–Crippen LogP) is 4.60. The second-order valence-electron chi connectivity index (χ2n) is 8.49. The maximum atomic E-state index is 13.3. The molecule has 0 spiro atoms. The second-order valence-corrected chi connectivity index (χ2v) is 10.4. The molecule has 2 saturated heterocycles. The van der Waals surface area contributed by atoms with Crippen LogP contribution < -0.4 is 0 Å². The zero-order chi connectivity index (χ0) is 22.1. The van der Waals surface area contributed by atoms with Crippen LogP contribution in [0.3, 0.4) is 0 Å². The molecule has 8 heteroatoms. The van der Waals surface area contributed by atoms with E-state index in [2.05, 4.69) is 4.90 Å². The topological polar surface area (TPSA) is 40.6 Å². The van der Waals surface area contributed by atoms with Crippen molar-refractivity contribution < 1.29 is 21.6 Å². The summed E-state index contributed by atoms with van der Waals surface area (Å²) in [4.78, 5) is 2.55. The number of nitrogens with zero attached hydrogens (tertiary/aromatic N) is 2. The highest BCUT2D eigenvalue weighted by atomic mass is 32.2. The third-order valence-electron chi connectivity index (χ3n) is 6.37. The number of hydrogen-bond donors (Lipinski definition) is 0. The van der Waals surface area contributed by atoms with Crippen molar-refractivity contribution in [3.05, 3.63) is 65.7 Å². The van der Waals surface area contributed by atoms with Gasteiger partial charge in [-0.3, -0.25) is 0 Å². The van der Waals surface area contributed by atoms with Crippen LogP contribution >= 0.6 is 0 Å². The van der Waals surface area contributed by atoms with Crippen molar-refractivity contribution in [1.29, 1.82) is 0 Å². The Morgan fingerprint density at radius 3 is 2.29 bits per heavy atom. The Morgan fingerprint density at radius 2 is 1.61 bits per heavy atom. The number of alkyl halides is 3. The lowest BCUT2D eigenvalue weighted by Gasteiger charge is -2.31. The Morgan fingerprint density at radius 1 is 0.903 bits per heavy atom. The minimum atomic E-state index is -4.42. The van der Waals surface area contributed by atoms with E-state index in [9.17, 15) is 21.6 Å². The van der Waals surface area contributed by atoms with Gasteiger partial charge < -0.3 is 4.90 Å². The molecule has 0 bridgehead atoms. The number of likely N-dealkylation sites (tertiary alicyclic amines) is 1. The van der Waals surface area contributed by atoms with Crippen molar-refractivity contribution in [1.82, 2.24) is 9.21 Å². The van der Waals surface area contributed by atoms with E-state index in [0.717, 1.165) is 32.0 Å². The second kappa shape index (κ2) is 8.92. The number of sulfonamides is 1. The predicted molar refractivity (Wildman–Crippen MR) is 113 cm³/mol. The van der Waals surface area contributed by atoms with Crippen molar-refractivity contribution >= 4 is 10.0 Å². The summed E-state index contributed by atoms with van der Waals surface area (Å²) in [5.41, 5.74) is -0.131. The molecule has 4 rings (SSSR count). The van der Waals surface area contributed by atoms with Crippen LogP contribution in [0, 0.1) is 5.92 Å². The Labute approximate surface area is 181 Å². The molecule has 2 fully saturated rings. The minimum absolute atomic E-state index is 0.0555. The van der Waals surface area contributed by atoms with Gasteiger partial charge in [0.2, 0.25) is 10.0 Å². The van der Waals surface area contributed by atoms with Gasteiger partial charge in [-0.05, 0) is 55.6 Å². The Kier molecular flexibility index (Phi) is 6.42. The molecule has 2 unspecified atom stereocenters. The molecule has 0 saturated carbocycles. The average molecular weight is 453 g/mol. The van der Waals surface area contributed by atoms with Gasteiger partial charge in [-0.25, -0.2) is 8.42 Å². The van der Waals surface area contributed by atoms with Crippen LogP contribution in [-0.2, 0) is 16.2 Å². The molecule has 0 radical (unpaired) electrons. The molecule has 31 heavy (non-hydrogen) atoms. The van der Waals surface area contributed by atoms with Gasteiger partial charge in [0.15, 0.2) is 0 Å². The first kappa shape index (κ1) is 22.3. The van der Waals surface area contributed by atoms with Gasteiger partial charge in [0.05, 0.1) is 10.5 Å². The number of halogens is 3. The summed E-state index contributed by atoms with van der Waals surface area (Å²) in [5.74, 6) is -0.331. The number of piperidine rings is 1. The van der Waals surface area contributed by atoms with E-state index in [0.29, 0.717) is 18.7 Å². The van der Waals surface area contributed by atoms with E-state index >= 15 is 0 Å². The van der Waals surface area contributed by atoms with Crippen LogP contribution in [0.5, 0.6) is 0 Å². The molecule has 0 aromatic heterocycles. The monoisotopic (exact) mass is 452 g/mol. The van der Waals surface area contributed by atoms with Crippen molar-refractivity contribution in [3.8, 4) is 0 Å². The quantitative estimate of drug-likeness (QED) is 0.666. The highest BCUT2D eigenvalue weighted by Crippen LogP contribution is 2.39. The van der Waals surface area contributed by atoms with Gasteiger partial charge >= 0.3 is 6.18 Å². The Hall–Kier alpha value is -1.90. The molecule has 0 aliphatic carbocycles. The first-order valence-electron chi connectivity index (χ1n) is 10.7. The molecule has 2 atom stereocenters. The lowest BCUT2D eigenvalue weighted by Crippen LogP contribution is -2.36. The number of hydrogen-bond acceptors (Lipinski definition) is 3. The molecular formula is C23H27F3N2O2S. The van der Waals surface area contributed by atoms with Crippen molar-refractivity contribution in [2.24, 2.45) is 5.92 Å². The minimum Gasteiger partial charge on any atom is -0.303 e. The zero-order valence-corrected chi connectivity index (χ0v) is 18.1. The Balaban J connectivity index is 1.64. The van der Waals surface area contributed by atoms with Gasteiger partial charge in [-0.1, -0.05) is 42.8 Å². The van der Waals surface area contributed by atoms with Gasteiger partial charge in [-0.2, -0.15) is 17.5 Å². The summed E-state index contributed by atoms with van der Waals surface area (Å²) < 4.78 is 67.8. The van der Waals surface area contributed by atoms with Crippen molar-refractivity contribution in [2.75, 3.05) is 32.7 Å². The standard InChI is InChI=1S/C23H27F3N2O2S/c24-23(25,26)20-9-7-8-18(14-20)22-17-28(31(29,30)21-10-3-1-4-11-21)16-19(22)15-27-12-5-2-6-13-27/h1,3-4,7-11,14,19,22H,2,5-6,12-13,15-17H2. The average Bonchev–Trinajstić information content (AvgIpc) is 3.19. The summed E-state index contributed by atoms with van der Waals surface area (Å²) in [5, 5.41) is 0. The van der Waals surface area contributed by atoms with E-state index < -0.39 is 21.8 Å².